The van der Waals surface area contributed by atoms with Gasteiger partial charge in [-0.1, -0.05) is 6.92 Å². The number of hydrogen-bond donors (Lipinski definition) is 1. The molecule has 0 spiro atoms. The summed E-state index contributed by atoms with van der Waals surface area (Å²) in [5.74, 6) is 0.530. The van der Waals surface area contributed by atoms with Crippen LogP contribution in [-0.4, -0.2) is 6.10 Å². The average Bonchev–Trinajstić information content (AvgIpc) is 2.44. The summed E-state index contributed by atoms with van der Waals surface area (Å²) in [5, 5.41) is 0. The fourth-order valence-electron chi connectivity index (χ4n) is 1.93. The summed E-state index contributed by atoms with van der Waals surface area (Å²) < 4.78 is 18.8. The molecule has 3 heteroatoms. The normalized spacial score (nSPS) is 24.6. The van der Waals surface area contributed by atoms with Crippen LogP contribution in [-0.2, 0) is 0 Å². The molecule has 2 nitrogen and oxygen atoms in total. The molecule has 0 aromatic heterocycles. The quantitative estimate of drug-likeness (QED) is 0.746. The molecule has 0 saturated carbocycles. The Kier molecular flexibility index (Phi) is 2.19. The maximum atomic E-state index is 13.1. The molecule has 2 N–H and O–H groups in total. The molecule has 1 aliphatic heterocycles. The highest BCUT2D eigenvalue weighted by Gasteiger charge is 2.31. The van der Waals surface area contributed by atoms with E-state index in [-0.39, 0.29) is 18.0 Å². The summed E-state index contributed by atoms with van der Waals surface area (Å²) >= 11 is 0. The van der Waals surface area contributed by atoms with Gasteiger partial charge in [-0.05, 0) is 31.0 Å². The van der Waals surface area contributed by atoms with Crippen LogP contribution >= 0.6 is 0 Å². The smallest absolute Gasteiger partial charge is 0.127 e. The predicted octanol–water partition coefficient (Wildman–Crippen LogP) is 2.30. The number of rotatable bonds is 1. The second-order valence-corrected chi connectivity index (χ2v) is 3.73. The van der Waals surface area contributed by atoms with Gasteiger partial charge in [0.1, 0.15) is 17.7 Å². The summed E-state index contributed by atoms with van der Waals surface area (Å²) in [6.07, 6.45) is 0.835. The molecule has 1 heterocycles. The van der Waals surface area contributed by atoms with Gasteiger partial charge in [-0.2, -0.15) is 0 Å². The molecule has 0 saturated heterocycles. The average molecular weight is 195 g/mol. The molecule has 0 bridgehead atoms. The lowest BCUT2D eigenvalue weighted by molar-refractivity contribution is 0.201. The van der Waals surface area contributed by atoms with Gasteiger partial charge < -0.3 is 10.5 Å². The van der Waals surface area contributed by atoms with Crippen molar-refractivity contribution in [3.63, 3.8) is 0 Å². The molecule has 0 radical (unpaired) electrons. The molecule has 76 valence electrons. The van der Waals surface area contributed by atoms with Crippen molar-refractivity contribution < 1.29 is 9.13 Å². The van der Waals surface area contributed by atoms with Crippen LogP contribution in [0.3, 0.4) is 0 Å². The number of nitrogens with two attached hydrogens (primary N) is 1. The number of halogens is 1. The Morgan fingerprint density at radius 1 is 1.50 bits per heavy atom. The van der Waals surface area contributed by atoms with Crippen molar-refractivity contribution in [1.82, 2.24) is 0 Å². The molecule has 14 heavy (non-hydrogen) atoms. The van der Waals surface area contributed by atoms with Gasteiger partial charge in [0.25, 0.3) is 0 Å². The topological polar surface area (TPSA) is 35.2 Å². The molecule has 1 aromatic rings. The van der Waals surface area contributed by atoms with Crippen LogP contribution in [0, 0.1) is 12.7 Å². The lowest BCUT2D eigenvalue weighted by Crippen LogP contribution is -2.24. The Bertz CT molecular complexity index is 365. The zero-order chi connectivity index (χ0) is 10.3. The molecule has 0 fully saturated rings. The molecule has 1 aliphatic rings. The second-order valence-electron chi connectivity index (χ2n) is 3.73. The Hall–Kier alpha value is -1.09. The first-order valence-electron chi connectivity index (χ1n) is 4.85. The van der Waals surface area contributed by atoms with Gasteiger partial charge in [-0.3, -0.25) is 0 Å². The molecule has 0 amide bonds. The fraction of sp³-hybridized carbons (Fsp3) is 0.455. The molecule has 2 rings (SSSR count). The summed E-state index contributed by atoms with van der Waals surface area (Å²) in [6.45, 7) is 3.86. The van der Waals surface area contributed by atoms with Crippen molar-refractivity contribution in [3.8, 4) is 5.75 Å². The van der Waals surface area contributed by atoms with Crippen molar-refractivity contribution in [2.75, 3.05) is 0 Å². The first-order valence-corrected chi connectivity index (χ1v) is 4.85. The molecule has 2 atom stereocenters. The van der Waals surface area contributed by atoms with Gasteiger partial charge in [-0.25, -0.2) is 4.39 Å². The molecule has 0 aliphatic carbocycles. The van der Waals surface area contributed by atoms with Crippen LogP contribution < -0.4 is 10.5 Å². The summed E-state index contributed by atoms with van der Waals surface area (Å²) in [5.41, 5.74) is 7.57. The van der Waals surface area contributed by atoms with Gasteiger partial charge in [0.15, 0.2) is 0 Å². The maximum Gasteiger partial charge on any atom is 0.127 e. The Labute approximate surface area is 82.9 Å². The molecule has 2 unspecified atom stereocenters. The van der Waals surface area contributed by atoms with Crippen LogP contribution in [0.4, 0.5) is 4.39 Å². The maximum absolute atomic E-state index is 13.1. The number of aryl methyl sites for hydroxylation is 1. The zero-order valence-corrected chi connectivity index (χ0v) is 8.38. The SMILES string of the molecule is CCC1Oc2c(C)cc(F)cc2C1N. The van der Waals surface area contributed by atoms with E-state index in [1.807, 2.05) is 13.8 Å². The standard InChI is InChI=1S/C11H14FNO/c1-3-9-10(13)8-5-7(12)4-6(2)11(8)14-9/h4-5,9-10H,3,13H2,1-2H3. The minimum Gasteiger partial charge on any atom is -0.488 e. The lowest BCUT2D eigenvalue weighted by atomic mass is 10.0. The second kappa shape index (κ2) is 3.24. The van der Waals surface area contributed by atoms with Crippen LogP contribution in [0.2, 0.25) is 0 Å². The fourth-order valence-corrected chi connectivity index (χ4v) is 1.93. The predicted molar refractivity (Wildman–Crippen MR) is 52.8 cm³/mol. The number of fused-ring (bicyclic) bond motifs is 1. The van der Waals surface area contributed by atoms with E-state index < -0.39 is 0 Å². The minimum atomic E-state index is -0.239. The number of hydrogen-bond acceptors (Lipinski definition) is 2. The van der Waals surface area contributed by atoms with E-state index in [4.69, 9.17) is 10.5 Å². The summed E-state index contributed by atoms with van der Waals surface area (Å²) in [6, 6.07) is 2.76. The highest BCUT2D eigenvalue weighted by molar-refractivity contribution is 5.46. The van der Waals surface area contributed by atoms with Crippen molar-refractivity contribution >= 4 is 0 Å². The Morgan fingerprint density at radius 2 is 2.21 bits per heavy atom. The molecule has 1 aromatic carbocycles. The first-order chi connectivity index (χ1) is 6.63. The van der Waals surface area contributed by atoms with Crippen molar-refractivity contribution in [2.45, 2.75) is 32.4 Å². The van der Waals surface area contributed by atoms with Crippen LogP contribution in [0.15, 0.2) is 12.1 Å². The molecular formula is C11H14FNO. The van der Waals surface area contributed by atoms with E-state index in [2.05, 4.69) is 0 Å². The van der Waals surface area contributed by atoms with Gasteiger partial charge in [0.2, 0.25) is 0 Å². The van der Waals surface area contributed by atoms with Crippen molar-refractivity contribution in [1.29, 1.82) is 0 Å². The van der Waals surface area contributed by atoms with E-state index in [0.29, 0.717) is 0 Å². The zero-order valence-electron chi connectivity index (χ0n) is 8.38. The van der Waals surface area contributed by atoms with Gasteiger partial charge >= 0.3 is 0 Å². The lowest BCUT2D eigenvalue weighted by Gasteiger charge is -2.11. The van der Waals surface area contributed by atoms with E-state index in [1.165, 1.54) is 12.1 Å². The summed E-state index contributed by atoms with van der Waals surface area (Å²) in [4.78, 5) is 0. The monoisotopic (exact) mass is 195 g/mol. The third-order valence-corrected chi connectivity index (χ3v) is 2.70. The van der Waals surface area contributed by atoms with Crippen LogP contribution in [0.1, 0.15) is 30.5 Å². The number of ether oxygens (including phenoxy) is 1. The highest BCUT2D eigenvalue weighted by Crippen LogP contribution is 2.39. The highest BCUT2D eigenvalue weighted by atomic mass is 19.1. The van der Waals surface area contributed by atoms with E-state index >= 15 is 0 Å². The number of benzene rings is 1. The minimum absolute atomic E-state index is 0.00880. The van der Waals surface area contributed by atoms with Crippen LogP contribution in [0.25, 0.3) is 0 Å². The first kappa shape index (κ1) is 9.46. The Morgan fingerprint density at radius 3 is 2.86 bits per heavy atom. The third kappa shape index (κ3) is 1.28. The van der Waals surface area contributed by atoms with E-state index in [9.17, 15) is 4.39 Å². The van der Waals surface area contributed by atoms with Crippen molar-refractivity contribution in [3.05, 3.63) is 29.1 Å². The summed E-state index contributed by atoms with van der Waals surface area (Å²) in [7, 11) is 0. The largest absolute Gasteiger partial charge is 0.488 e. The van der Waals surface area contributed by atoms with Gasteiger partial charge in [-0.15, -0.1) is 0 Å². The van der Waals surface area contributed by atoms with Crippen molar-refractivity contribution in [2.24, 2.45) is 5.73 Å². The van der Waals surface area contributed by atoms with Gasteiger partial charge in [0.05, 0.1) is 6.04 Å². The third-order valence-electron chi connectivity index (χ3n) is 2.70. The van der Waals surface area contributed by atoms with E-state index in [0.717, 1.165) is 23.3 Å². The Balaban J connectivity index is 2.48. The molecular weight excluding hydrogens is 181 g/mol. The van der Waals surface area contributed by atoms with Gasteiger partial charge in [0, 0.05) is 5.56 Å². The van der Waals surface area contributed by atoms with Crippen LogP contribution in [0.5, 0.6) is 5.75 Å². The van der Waals surface area contributed by atoms with E-state index in [1.54, 1.807) is 0 Å².